The van der Waals surface area contributed by atoms with Gasteiger partial charge in [0.2, 0.25) is 5.79 Å². The van der Waals surface area contributed by atoms with E-state index in [-0.39, 0.29) is 0 Å². The van der Waals surface area contributed by atoms with E-state index >= 15 is 0 Å². The zero-order chi connectivity index (χ0) is 16.8. The summed E-state index contributed by atoms with van der Waals surface area (Å²) in [4.78, 5) is -0.600. The Balaban J connectivity index is 3.20. The van der Waals surface area contributed by atoms with E-state index in [1.807, 2.05) is 44.2 Å². The molecule has 2 nitrogen and oxygen atoms in total. The fourth-order valence-corrected chi connectivity index (χ4v) is 3.45. The monoisotopic (exact) mass is 326 g/mol. The average Bonchev–Trinajstić information content (AvgIpc) is 2.37. The van der Waals surface area contributed by atoms with Crippen molar-refractivity contribution >= 4 is 11.6 Å². The molecular weight excluding hydrogens is 296 g/mol. The molecule has 0 aliphatic carbocycles. The van der Waals surface area contributed by atoms with Crippen molar-refractivity contribution in [2.75, 3.05) is 6.61 Å². The first-order valence-electron chi connectivity index (χ1n) is 8.29. The summed E-state index contributed by atoms with van der Waals surface area (Å²) in [6.45, 7) is 13.3. The van der Waals surface area contributed by atoms with Gasteiger partial charge < -0.3 is 9.47 Å². The highest BCUT2D eigenvalue weighted by Crippen LogP contribution is 2.43. The molecule has 0 heterocycles. The SMILES string of the molecule is CCOC(CC(C)C)(Oc1ccccc1)C(C)(Cl)CC(C)C. The van der Waals surface area contributed by atoms with Gasteiger partial charge in [0, 0.05) is 13.0 Å². The summed E-state index contributed by atoms with van der Waals surface area (Å²) in [6.07, 6.45) is 1.58. The molecule has 0 fully saturated rings. The molecule has 3 heteroatoms. The summed E-state index contributed by atoms with van der Waals surface area (Å²) in [5, 5.41) is 0. The van der Waals surface area contributed by atoms with Crippen LogP contribution in [0.5, 0.6) is 5.75 Å². The highest BCUT2D eigenvalue weighted by molar-refractivity contribution is 6.24. The fraction of sp³-hybridized carbons (Fsp3) is 0.684. The van der Waals surface area contributed by atoms with E-state index in [9.17, 15) is 0 Å². The Kier molecular flexibility index (Phi) is 7.21. The summed E-state index contributed by atoms with van der Waals surface area (Å²) in [6, 6.07) is 9.82. The van der Waals surface area contributed by atoms with Crippen molar-refractivity contribution in [3.63, 3.8) is 0 Å². The zero-order valence-electron chi connectivity index (χ0n) is 14.9. The second kappa shape index (κ2) is 8.21. The molecule has 0 radical (unpaired) electrons. The van der Waals surface area contributed by atoms with E-state index in [1.165, 1.54) is 0 Å². The van der Waals surface area contributed by atoms with Crippen molar-refractivity contribution in [2.24, 2.45) is 11.8 Å². The lowest BCUT2D eigenvalue weighted by molar-refractivity contribution is -0.214. The lowest BCUT2D eigenvalue weighted by Crippen LogP contribution is -2.56. The molecule has 2 unspecified atom stereocenters. The molecule has 126 valence electrons. The van der Waals surface area contributed by atoms with Crippen LogP contribution in [0.15, 0.2) is 30.3 Å². The first-order valence-corrected chi connectivity index (χ1v) is 8.67. The predicted octanol–water partition coefficient (Wildman–Crippen LogP) is 5.89. The van der Waals surface area contributed by atoms with Gasteiger partial charge in [0.05, 0.1) is 0 Å². The minimum Gasteiger partial charge on any atom is -0.460 e. The number of ether oxygens (including phenoxy) is 2. The molecular formula is C19H31ClO2. The van der Waals surface area contributed by atoms with Crippen molar-refractivity contribution in [3.8, 4) is 5.75 Å². The second-order valence-electron chi connectivity index (χ2n) is 6.99. The molecule has 0 bridgehead atoms. The smallest absolute Gasteiger partial charge is 0.229 e. The Labute approximate surface area is 141 Å². The normalized spacial score (nSPS) is 17.3. The van der Waals surface area contributed by atoms with Crippen molar-refractivity contribution in [2.45, 2.75) is 65.0 Å². The van der Waals surface area contributed by atoms with Gasteiger partial charge in [-0.15, -0.1) is 11.6 Å². The number of hydrogen-bond donors (Lipinski definition) is 0. The van der Waals surface area contributed by atoms with Crippen molar-refractivity contribution in [1.82, 2.24) is 0 Å². The van der Waals surface area contributed by atoms with Crippen LogP contribution in [0, 0.1) is 11.8 Å². The first-order chi connectivity index (χ1) is 10.2. The third kappa shape index (κ3) is 5.17. The minimum absolute atomic E-state index is 0.417. The van der Waals surface area contributed by atoms with Crippen LogP contribution in [0.4, 0.5) is 0 Å². The summed E-state index contributed by atoms with van der Waals surface area (Å²) >= 11 is 6.98. The summed E-state index contributed by atoms with van der Waals surface area (Å²) in [7, 11) is 0. The summed E-state index contributed by atoms with van der Waals surface area (Å²) in [5.41, 5.74) is 0. The standard InChI is InChI=1S/C19H31ClO2/c1-7-21-19(14-16(4)5,18(6,20)13-15(2)3)22-17-11-9-8-10-12-17/h8-12,15-16H,7,13-14H2,1-6H3. The van der Waals surface area contributed by atoms with Crippen molar-refractivity contribution < 1.29 is 9.47 Å². The number of para-hydroxylation sites is 1. The molecule has 0 spiro atoms. The molecule has 0 amide bonds. The molecule has 0 saturated carbocycles. The molecule has 0 N–H and O–H groups in total. The van der Waals surface area contributed by atoms with Crippen molar-refractivity contribution in [3.05, 3.63) is 30.3 Å². The number of halogens is 1. The lowest BCUT2D eigenvalue weighted by Gasteiger charge is -2.46. The molecule has 0 aliphatic rings. The highest BCUT2D eigenvalue weighted by Gasteiger charge is 2.51. The summed E-state index contributed by atoms with van der Waals surface area (Å²) in [5.74, 6) is 0.852. The van der Waals surface area contributed by atoms with E-state index in [0.717, 1.165) is 18.6 Å². The number of benzene rings is 1. The molecule has 22 heavy (non-hydrogen) atoms. The molecule has 1 aromatic rings. The Morgan fingerprint density at radius 3 is 2.00 bits per heavy atom. The number of alkyl halides is 1. The van der Waals surface area contributed by atoms with Gasteiger partial charge in [0.1, 0.15) is 10.6 Å². The van der Waals surface area contributed by atoms with Crippen molar-refractivity contribution in [1.29, 1.82) is 0 Å². The lowest BCUT2D eigenvalue weighted by atomic mass is 9.84. The molecule has 0 aromatic heterocycles. The number of rotatable bonds is 9. The maximum atomic E-state index is 6.98. The van der Waals surface area contributed by atoms with E-state index in [2.05, 4.69) is 27.7 Å². The third-order valence-electron chi connectivity index (χ3n) is 3.67. The molecule has 1 aromatic carbocycles. The maximum absolute atomic E-state index is 6.98. The molecule has 2 atom stereocenters. The van der Waals surface area contributed by atoms with Crippen LogP contribution >= 0.6 is 11.6 Å². The van der Waals surface area contributed by atoms with Crippen LogP contribution < -0.4 is 4.74 Å². The van der Waals surface area contributed by atoms with Crippen LogP contribution in [0.1, 0.15) is 54.4 Å². The quantitative estimate of drug-likeness (QED) is 0.416. The Hall–Kier alpha value is -0.730. The molecule has 0 saturated heterocycles. The van der Waals surface area contributed by atoms with Gasteiger partial charge in [-0.05, 0) is 44.2 Å². The van der Waals surface area contributed by atoms with Gasteiger partial charge in [-0.2, -0.15) is 0 Å². The van der Waals surface area contributed by atoms with Gasteiger partial charge in [-0.1, -0.05) is 45.9 Å². The van der Waals surface area contributed by atoms with Gasteiger partial charge >= 0.3 is 0 Å². The van der Waals surface area contributed by atoms with E-state index in [4.69, 9.17) is 21.1 Å². The summed E-state index contributed by atoms with van der Waals surface area (Å²) < 4.78 is 12.5. The minimum atomic E-state index is -0.830. The van der Waals surface area contributed by atoms with Crippen LogP contribution in [0.3, 0.4) is 0 Å². The van der Waals surface area contributed by atoms with Gasteiger partial charge in [-0.25, -0.2) is 0 Å². The van der Waals surface area contributed by atoms with Crippen LogP contribution in [0.25, 0.3) is 0 Å². The Morgan fingerprint density at radius 1 is 1.00 bits per heavy atom. The van der Waals surface area contributed by atoms with Crippen LogP contribution in [-0.4, -0.2) is 17.3 Å². The van der Waals surface area contributed by atoms with E-state index < -0.39 is 10.7 Å². The van der Waals surface area contributed by atoms with E-state index in [1.54, 1.807) is 0 Å². The Morgan fingerprint density at radius 2 is 1.55 bits per heavy atom. The van der Waals surface area contributed by atoms with E-state index in [0.29, 0.717) is 18.4 Å². The zero-order valence-corrected chi connectivity index (χ0v) is 15.6. The topological polar surface area (TPSA) is 18.5 Å². The van der Waals surface area contributed by atoms with Gasteiger partial charge in [0.25, 0.3) is 0 Å². The average molecular weight is 327 g/mol. The first kappa shape index (κ1) is 19.3. The van der Waals surface area contributed by atoms with Crippen LogP contribution in [-0.2, 0) is 4.74 Å². The highest BCUT2D eigenvalue weighted by atomic mass is 35.5. The van der Waals surface area contributed by atoms with Crippen LogP contribution in [0.2, 0.25) is 0 Å². The number of hydrogen-bond acceptors (Lipinski definition) is 2. The predicted molar refractivity (Wildman–Crippen MR) is 94.6 cm³/mol. The third-order valence-corrected chi connectivity index (χ3v) is 4.11. The fourth-order valence-electron chi connectivity index (χ4n) is 2.97. The Bertz CT molecular complexity index is 428. The second-order valence-corrected chi connectivity index (χ2v) is 7.83. The maximum Gasteiger partial charge on any atom is 0.229 e. The van der Waals surface area contributed by atoms with Gasteiger partial charge in [0.15, 0.2) is 0 Å². The van der Waals surface area contributed by atoms with Gasteiger partial charge in [-0.3, -0.25) is 0 Å². The molecule has 0 aliphatic heterocycles. The largest absolute Gasteiger partial charge is 0.460 e. The molecule has 1 rings (SSSR count).